The number of benzene rings is 1. The summed E-state index contributed by atoms with van der Waals surface area (Å²) in [5, 5.41) is 3.68. The predicted molar refractivity (Wildman–Crippen MR) is 82.3 cm³/mol. The van der Waals surface area contributed by atoms with Crippen LogP contribution in [0.15, 0.2) is 42.6 Å². The summed E-state index contributed by atoms with van der Waals surface area (Å²) in [7, 11) is 0. The minimum atomic E-state index is -2.73. The number of carbonyl (C=O) groups excluding carboxylic acids is 1. The van der Waals surface area contributed by atoms with E-state index >= 15 is 0 Å². The quantitative estimate of drug-likeness (QED) is 0.868. The van der Waals surface area contributed by atoms with E-state index in [1.165, 1.54) is 11.6 Å². The van der Waals surface area contributed by atoms with Crippen molar-refractivity contribution in [2.24, 2.45) is 5.41 Å². The molecule has 1 fully saturated rings. The van der Waals surface area contributed by atoms with Crippen LogP contribution in [0.3, 0.4) is 0 Å². The van der Waals surface area contributed by atoms with Crippen molar-refractivity contribution in [2.45, 2.75) is 26.3 Å². The molecule has 1 aromatic carbocycles. The van der Waals surface area contributed by atoms with Gasteiger partial charge in [-0.2, -0.15) is 13.9 Å². The number of likely N-dealkylation sites (tertiary alicyclic amines) is 1. The Hall–Kier alpha value is -2.24. The molecular weight excluding hydrogens is 300 g/mol. The van der Waals surface area contributed by atoms with E-state index < -0.39 is 6.55 Å². The molecular formula is C17H19F2N3O. The van der Waals surface area contributed by atoms with Crippen LogP contribution in [-0.4, -0.2) is 33.7 Å². The highest BCUT2D eigenvalue weighted by Gasteiger charge is 2.42. The van der Waals surface area contributed by atoms with Crippen LogP contribution in [0.25, 0.3) is 0 Å². The molecule has 4 nitrogen and oxygen atoms in total. The number of aromatic nitrogens is 2. The van der Waals surface area contributed by atoms with Crippen LogP contribution in [-0.2, 0) is 0 Å². The minimum absolute atomic E-state index is 0.0646. The number of hydrogen-bond donors (Lipinski definition) is 0. The summed E-state index contributed by atoms with van der Waals surface area (Å²) < 4.78 is 25.7. The largest absolute Gasteiger partial charge is 0.336 e. The molecule has 6 heteroatoms. The van der Waals surface area contributed by atoms with Gasteiger partial charge in [0.1, 0.15) is 0 Å². The van der Waals surface area contributed by atoms with Gasteiger partial charge in [0.05, 0.1) is 0 Å². The van der Waals surface area contributed by atoms with E-state index in [-0.39, 0.29) is 22.9 Å². The van der Waals surface area contributed by atoms with Crippen LogP contribution in [0.2, 0.25) is 0 Å². The lowest BCUT2D eigenvalue weighted by Crippen LogP contribution is -2.30. The summed E-state index contributed by atoms with van der Waals surface area (Å²) >= 11 is 0. The molecule has 2 aromatic rings. The maximum absolute atomic E-state index is 12.6. The van der Waals surface area contributed by atoms with Gasteiger partial charge in [0.15, 0.2) is 5.69 Å². The smallest absolute Gasteiger partial charge is 0.333 e. The Morgan fingerprint density at radius 2 is 1.96 bits per heavy atom. The molecule has 0 N–H and O–H groups in total. The number of amides is 1. The molecule has 0 spiro atoms. The SMILES string of the molecule is CC1(C)CN(C(=O)c2ccn(C(F)F)n2)C[C@H]1c1ccccc1. The molecule has 1 aliphatic heterocycles. The van der Waals surface area contributed by atoms with E-state index in [1.807, 2.05) is 18.2 Å². The Kier molecular flexibility index (Phi) is 3.92. The molecule has 0 radical (unpaired) electrons. The van der Waals surface area contributed by atoms with Gasteiger partial charge in [0.25, 0.3) is 5.91 Å². The monoisotopic (exact) mass is 319 g/mol. The first-order chi connectivity index (χ1) is 10.9. The first-order valence-corrected chi connectivity index (χ1v) is 7.56. The highest BCUT2D eigenvalue weighted by atomic mass is 19.3. The third-order valence-corrected chi connectivity index (χ3v) is 4.46. The molecule has 0 unspecified atom stereocenters. The molecule has 122 valence electrons. The summed E-state index contributed by atoms with van der Waals surface area (Å²) in [5.41, 5.74) is 1.17. The average Bonchev–Trinajstić information content (AvgIpc) is 3.12. The van der Waals surface area contributed by atoms with Crippen LogP contribution in [0, 0.1) is 5.41 Å². The summed E-state index contributed by atoms with van der Waals surface area (Å²) in [6.45, 7) is 2.65. The Morgan fingerprint density at radius 3 is 2.57 bits per heavy atom. The van der Waals surface area contributed by atoms with Gasteiger partial charge in [-0.25, -0.2) is 4.68 Å². The zero-order valence-corrected chi connectivity index (χ0v) is 13.1. The van der Waals surface area contributed by atoms with Crippen LogP contribution in [0.1, 0.15) is 42.4 Å². The molecule has 2 heterocycles. The summed E-state index contributed by atoms with van der Waals surface area (Å²) in [6, 6.07) is 11.4. The molecule has 1 aliphatic rings. The van der Waals surface area contributed by atoms with Crippen LogP contribution in [0.4, 0.5) is 8.78 Å². The van der Waals surface area contributed by atoms with Gasteiger partial charge in [-0.05, 0) is 17.0 Å². The fourth-order valence-corrected chi connectivity index (χ4v) is 3.25. The van der Waals surface area contributed by atoms with Gasteiger partial charge < -0.3 is 4.90 Å². The molecule has 1 amide bonds. The lowest BCUT2D eigenvalue weighted by molar-refractivity contribution is 0.0553. The number of rotatable bonds is 3. The van der Waals surface area contributed by atoms with Gasteiger partial charge in [0, 0.05) is 25.2 Å². The molecule has 0 bridgehead atoms. The zero-order valence-electron chi connectivity index (χ0n) is 13.1. The summed E-state index contributed by atoms with van der Waals surface area (Å²) in [5.74, 6) is -0.0826. The summed E-state index contributed by atoms with van der Waals surface area (Å²) in [4.78, 5) is 14.3. The fourth-order valence-electron chi connectivity index (χ4n) is 3.25. The van der Waals surface area contributed by atoms with Crippen molar-refractivity contribution in [1.82, 2.24) is 14.7 Å². The van der Waals surface area contributed by atoms with Crippen LogP contribution in [0.5, 0.6) is 0 Å². The van der Waals surface area contributed by atoms with E-state index in [0.717, 1.165) is 6.20 Å². The second-order valence-electron chi connectivity index (χ2n) is 6.60. The third-order valence-electron chi connectivity index (χ3n) is 4.46. The van der Waals surface area contributed by atoms with Crippen molar-refractivity contribution in [2.75, 3.05) is 13.1 Å². The second kappa shape index (κ2) is 5.76. The first kappa shape index (κ1) is 15.6. The predicted octanol–water partition coefficient (Wildman–Crippen LogP) is 3.54. The summed E-state index contributed by atoms with van der Waals surface area (Å²) in [6.07, 6.45) is 1.13. The molecule has 3 rings (SSSR count). The number of carbonyl (C=O) groups is 1. The van der Waals surface area contributed by atoms with Crippen molar-refractivity contribution in [3.63, 3.8) is 0 Å². The van der Waals surface area contributed by atoms with Crippen molar-refractivity contribution >= 4 is 5.91 Å². The number of alkyl halides is 2. The highest BCUT2D eigenvalue weighted by molar-refractivity contribution is 5.92. The zero-order chi connectivity index (χ0) is 16.6. The van der Waals surface area contributed by atoms with Gasteiger partial charge >= 0.3 is 6.55 Å². The molecule has 23 heavy (non-hydrogen) atoms. The van der Waals surface area contributed by atoms with Crippen molar-refractivity contribution in [3.05, 3.63) is 53.9 Å². The fraction of sp³-hybridized carbons (Fsp3) is 0.412. The van der Waals surface area contributed by atoms with Gasteiger partial charge in [0.2, 0.25) is 0 Å². The molecule has 0 saturated carbocycles. The topological polar surface area (TPSA) is 38.1 Å². The Bertz CT molecular complexity index is 697. The van der Waals surface area contributed by atoms with E-state index in [2.05, 4.69) is 31.1 Å². The van der Waals surface area contributed by atoms with Crippen LogP contribution < -0.4 is 0 Å². The van der Waals surface area contributed by atoms with Crippen molar-refractivity contribution in [3.8, 4) is 0 Å². The van der Waals surface area contributed by atoms with Crippen molar-refractivity contribution in [1.29, 1.82) is 0 Å². The maximum atomic E-state index is 12.6. The van der Waals surface area contributed by atoms with E-state index in [0.29, 0.717) is 17.8 Å². The van der Waals surface area contributed by atoms with Crippen LogP contribution >= 0.6 is 0 Å². The third kappa shape index (κ3) is 2.98. The van der Waals surface area contributed by atoms with Gasteiger partial charge in [-0.1, -0.05) is 44.2 Å². The standard InChI is InChI=1S/C17H19F2N3O/c1-17(2)11-21(10-13(17)12-6-4-3-5-7-12)15(23)14-8-9-22(20-14)16(18)19/h3-9,13,16H,10-11H2,1-2H3/t13-/m0/s1. The molecule has 1 saturated heterocycles. The highest BCUT2D eigenvalue weighted by Crippen LogP contribution is 2.42. The average molecular weight is 319 g/mol. The maximum Gasteiger partial charge on any atom is 0.333 e. The lowest BCUT2D eigenvalue weighted by atomic mass is 9.78. The number of halogens is 2. The van der Waals surface area contributed by atoms with E-state index in [4.69, 9.17) is 0 Å². The first-order valence-electron chi connectivity index (χ1n) is 7.56. The van der Waals surface area contributed by atoms with E-state index in [9.17, 15) is 13.6 Å². The Balaban J connectivity index is 1.80. The number of nitrogens with zero attached hydrogens (tertiary/aromatic N) is 3. The molecule has 1 aromatic heterocycles. The Morgan fingerprint density at radius 1 is 1.26 bits per heavy atom. The van der Waals surface area contributed by atoms with E-state index in [1.54, 1.807) is 4.90 Å². The molecule has 0 aliphatic carbocycles. The number of hydrogen-bond acceptors (Lipinski definition) is 2. The van der Waals surface area contributed by atoms with Gasteiger partial charge in [-0.15, -0.1) is 0 Å². The van der Waals surface area contributed by atoms with Gasteiger partial charge in [-0.3, -0.25) is 4.79 Å². The second-order valence-corrected chi connectivity index (χ2v) is 6.60. The lowest BCUT2D eigenvalue weighted by Gasteiger charge is -2.25. The molecule has 1 atom stereocenters. The Labute approximate surface area is 133 Å². The normalized spacial score (nSPS) is 20.2. The minimum Gasteiger partial charge on any atom is -0.336 e. The van der Waals surface area contributed by atoms with Crippen molar-refractivity contribution < 1.29 is 13.6 Å².